The number of hydrogen-bond acceptors (Lipinski definition) is 4. The molecule has 0 saturated heterocycles. The van der Waals surface area contributed by atoms with E-state index in [0.29, 0.717) is 18.6 Å². The van der Waals surface area contributed by atoms with Gasteiger partial charge in [0, 0.05) is 6.61 Å². The Morgan fingerprint density at radius 3 is 2.59 bits per heavy atom. The summed E-state index contributed by atoms with van der Waals surface area (Å²) in [7, 11) is 0. The maximum Gasteiger partial charge on any atom is 0.341 e. The van der Waals surface area contributed by atoms with E-state index in [1.165, 1.54) is 6.20 Å². The topological polar surface area (TPSA) is 64.3 Å². The third kappa shape index (κ3) is 3.54. The first-order valence-corrected chi connectivity index (χ1v) is 7.39. The van der Waals surface area contributed by atoms with Crippen molar-refractivity contribution in [3.63, 3.8) is 0 Å². The van der Waals surface area contributed by atoms with Crippen LogP contribution in [0.25, 0.3) is 5.69 Å². The van der Waals surface area contributed by atoms with Gasteiger partial charge in [-0.05, 0) is 30.9 Å². The zero-order valence-corrected chi connectivity index (χ0v) is 13.2. The number of benzene rings is 1. The second kappa shape index (κ2) is 6.75. The van der Waals surface area contributed by atoms with Gasteiger partial charge in [-0.2, -0.15) is 5.10 Å². The number of nitrogens with zero attached hydrogens (tertiary/aromatic N) is 2. The average molecular weight is 302 g/mol. The molecule has 5 nitrogen and oxygen atoms in total. The molecule has 0 aliphatic rings. The minimum Gasteiger partial charge on any atom is -0.462 e. The summed E-state index contributed by atoms with van der Waals surface area (Å²) in [6, 6.07) is 9.62. The Morgan fingerprint density at radius 2 is 2.00 bits per heavy atom. The molecule has 0 aliphatic carbocycles. The standard InChI is InChI=1S/C17H22N2O3/c1-4-22-16(21)14-11-18-19(13-8-6-5-7-9-13)15(14)10-17(2,3)12-20/h5-9,11,20H,4,10,12H2,1-3H3. The van der Waals surface area contributed by atoms with Crippen LogP contribution in [0.5, 0.6) is 0 Å². The van der Waals surface area contributed by atoms with Gasteiger partial charge in [0.2, 0.25) is 0 Å². The first kappa shape index (κ1) is 16.2. The van der Waals surface area contributed by atoms with Crippen LogP contribution in [0.3, 0.4) is 0 Å². The van der Waals surface area contributed by atoms with E-state index in [2.05, 4.69) is 5.10 Å². The molecule has 0 amide bonds. The molecule has 0 unspecified atom stereocenters. The molecule has 1 aromatic carbocycles. The van der Waals surface area contributed by atoms with E-state index in [0.717, 1.165) is 11.4 Å². The highest BCUT2D eigenvalue weighted by Crippen LogP contribution is 2.25. The van der Waals surface area contributed by atoms with Crippen molar-refractivity contribution < 1.29 is 14.6 Å². The summed E-state index contributed by atoms with van der Waals surface area (Å²) in [4.78, 5) is 12.1. The van der Waals surface area contributed by atoms with E-state index in [1.54, 1.807) is 11.6 Å². The Morgan fingerprint density at radius 1 is 1.32 bits per heavy atom. The van der Waals surface area contributed by atoms with Gasteiger partial charge < -0.3 is 9.84 Å². The van der Waals surface area contributed by atoms with Crippen LogP contribution in [-0.2, 0) is 11.2 Å². The number of carbonyl (C=O) groups excluding carboxylic acids is 1. The Kier molecular flexibility index (Phi) is 4.98. The Bertz CT molecular complexity index is 633. The van der Waals surface area contributed by atoms with Gasteiger partial charge in [-0.3, -0.25) is 0 Å². The van der Waals surface area contributed by atoms with Crippen molar-refractivity contribution in [2.75, 3.05) is 13.2 Å². The first-order valence-electron chi connectivity index (χ1n) is 7.39. The van der Waals surface area contributed by atoms with Gasteiger partial charge in [-0.1, -0.05) is 32.0 Å². The fourth-order valence-electron chi connectivity index (χ4n) is 2.22. The number of carbonyl (C=O) groups is 1. The molecule has 0 saturated carbocycles. The van der Waals surface area contributed by atoms with E-state index < -0.39 is 0 Å². The molecular weight excluding hydrogens is 280 g/mol. The van der Waals surface area contributed by atoms with E-state index in [-0.39, 0.29) is 18.0 Å². The fourth-order valence-corrected chi connectivity index (χ4v) is 2.22. The van der Waals surface area contributed by atoms with Gasteiger partial charge in [0.15, 0.2) is 0 Å². The molecule has 0 spiro atoms. The number of ether oxygens (including phenoxy) is 1. The summed E-state index contributed by atoms with van der Waals surface area (Å²) in [5.74, 6) is -0.381. The van der Waals surface area contributed by atoms with Crippen LogP contribution in [0.4, 0.5) is 0 Å². The van der Waals surface area contributed by atoms with Crippen LogP contribution in [0.15, 0.2) is 36.5 Å². The van der Waals surface area contributed by atoms with Gasteiger partial charge in [0.25, 0.3) is 0 Å². The lowest BCUT2D eigenvalue weighted by molar-refractivity contribution is 0.0523. The number of rotatable bonds is 6. The molecule has 2 aromatic rings. The third-order valence-corrected chi connectivity index (χ3v) is 3.44. The van der Waals surface area contributed by atoms with Crippen molar-refractivity contribution >= 4 is 5.97 Å². The highest BCUT2D eigenvalue weighted by molar-refractivity contribution is 5.90. The molecule has 1 N–H and O–H groups in total. The van der Waals surface area contributed by atoms with E-state index >= 15 is 0 Å². The molecule has 5 heteroatoms. The van der Waals surface area contributed by atoms with Crippen LogP contribution in [-0.4, -0.2) is 34.1 Å². The van der Waals surface area contributed by atoms with Crippen molar-refractivity contribution in [1.29, 1.82) is 0 Å². The third-order valence-electron chi connectivity index (χ3n) is 3.44. The molecule has 2 rings (SSSR count). The van der Waals surface area contributed by atoms with Crippen LogP contribution in [0, 0.1) is 5.41 Å². The van der Waals surface area contributed by atoms with Gasteiger partial charge in [0.05, 0.1) is 24.2 Å². The number of aliphatic hydroxyl groups is 1. The van der Waals surface area contributed by atoms with Crippen molar-refractivity contribution in [3.8, 4) is 5.69 Å². The number of aliphatic hydroxyl groups excluding tert-OH is 1. The Balaban J connectivity index is 2.48. The van der Waals surface area contributed by atoms with E-state index in [4.69, 9.17) is 4.74 Å². The van der Waals surface area contributed by atoms with Crippen LogP contribution in [0.2, 0.25) is 0 Å². The molecule has 22 heavy (non-hydrogen) atoms. The zero-order valence-electron chi connectivity index (χ0n) is 13.2. The molecule has 0 radical (unpaired) electrons. The lowest BCUT2D eigenvalue weighted by atomic mass is 9.87. The maximum atomic E-state index is 12.1. The highest BCUT2D eigenvalue weighted by atomic mass is 16.5. The van der Waals surface area contributed by atoms with Gasteiger partial charge >= 0.3 is 5.97 Å². The summed E-state index contributed by atoms with van der Waals surface area (Å²) in [5, 5.41) is 13.9. The lowest BCUT2D eigenvalue weighted by Crippen LogP contribution is -2.23. The normalized spacial score (nSPS) is 11.5. The zero-order chi connectivity index (χ0) is 16.2. The predicted molar refractivity (Wildman–Crippen MR) is 84.1 cm³/mol. The van der Waals surface area contributed by atoms with Crippen molar-refractivity contribution in [1.82, 2.24) is 9.78 Å². The van der Waals surface area contributed by atoms with Crippen LogP contribution >= 0.6 is 0 Å². The second-order valence-corrected chi connectivity index (χ2v) is 5.97. The van der Waals surface area contributed by atoms with E-state index in [1.807, 2.05) is 44.2 Å². The molecule has 0 bridgehead atoms. The molecule has 1 heterocycles. The van der Waals surface area contributed by atoms with Crippen molar-refractivity contribution in [3.05, 3.63) is 47.8 Å². The molecule has 1 aromatic heterocycles. The minimum absolute atomic E-state index is 0.0231. The number of aromatic nitrogens is 2. The SMILES string of the molecule is CCOC(=O)c1cnn(-c2ccccc2)c1CC(C)(C)CO. The van der Waals surface area contributed by atoms with Crippen LogP contribution in [0.1, 0.15) is 36.8 Å². The highest BCUT2D eigenvalue weighted by Gasteiger charge is 2.26. The van der Waals surface area contributed by atoms with Gasteiger partial charge in [-0.25, -0.2) is 9.48 Å². The van der Waals surface area contributed by atoms with E-state index in [9.17, 15) is 9.90 Å². The van der Waals surface area contributed by atoms with Crippen molar-refractivity contribution in [2.45, 2.75) is 27.2 Å². The number of esters is 1. The smallest absolute Gasteiger partial charge is 0.341 e. The Hall–Kier alpha value is -2.14. The lowest BCUT2D eigenvalue weighted by Gasteiger charge is -2.22. The predicted octanol–water partition coefficient (Wildman–Crippen LogP) is 2.61. The summed E-state index contributed by atoms with van der Waals surface area (Å²) in [6.45, 7) is 6.01. The van der Waals surface area contributed by atoms with Crippen LogP contribution < -0.4 is 0 Å². The molecule has 0 fully saturated rings. The first-order chi connectivity index (χ1) is 10.5. The minimum atomic E-state index is -0.381. The average Bonchev–Trinajstić information content (AvgIpc) is 2.91. The summed E-state index contributed by atoms with van der Waals surface area (Å²) < 4.78 is 6.85. The molecule has 118 valence electrons. The largest absolute Gasteiger partial charge is 0.462 e. The summed E-state index contributed by atoms with van der Waals surface area (Å²) in [6.07, 6.45) is 2.06. The maximum absolute atomic E-state index is 12.1. The molecular formula is C17H22N2O3. The van der Waals surface area contributed by atoms with Gasteiger partial charge in [0.1, 0.15) is 5.56 Å². The monoisotopic (exact) mass is 302 g/mol. The molecule has 0 aliphatic heterocycles. The number of hydrogen-bond donors (Lipinski definition) is 1. The number of para-hydroxylation sites is 1. The summed E-state index contributed by atoms with van der Waals surface area (Å²) >= 11 is 0. The second-order valence-electron chi connectivity index (χ2n) is 5.97. The quantitative estimate of drug-likeness (QED) is 0.833. The van der Waals surface area contributed by atoms with Crippen molar-refractivity contribution in [2.24, 2.45) is 5.41 Å². The fraction of sp³-hybridized carbons (Fsp3) is 0.412. The molecule has 0 atom stereocenters. The Labute approximate surface area is 130 Å². The summed E-state index contributed by atoms with van der Waals surface area (Å²) in [5.41, 5.74) is 1.73. The van der Waals surface area contributed by atoms with Gasteiger partial charge in [-0.15, -0.1) is 0 Å².